The molecule has 1 heterocycles. The van der Waals surface area contributed by atoms with Crippen molar-refractivity contribution in [3.63, 3.8) is 0 Å². The zero-order chi connectivity index (χ0) is 13.8. The van der Waals surface area contributed by atoms with Gasteiger partial charge >= 0.3 is 0 Å². The fourth-order valence-electron chi connectivity index (χ4n) is 1.53. The Morgan fingerprint density at radius 1 is 1.39 bits per heavy atom. The molecule has 5 nitrogen and oxygen atoms in total. The van der Waals surface area contributed by atoms with Crippen molar-refractivity contribution in [1.29, 1.82) is 0 Å². The highest BCUT2D eigenvalue weighted by atomic mass is 16.3. The minimum Gasteiger partial charge on any atom is -0.472 e. The lowest BCUT2D eigenvalue weighted by Crippen LogP contribution is -2.47. The minimum atomic E-state index is -0.296. The number of nitrogens with one attached hydrogen (secondary N) is 1. The average Bonchev–Trinajstić information content (AvgIpc) is 2.75. The first-order chi connectivity index (χ1) is 8.33. The summed E-state index contributed by atoms with van der Waals surface area (Å²) in [6, 6.07) is 1.59. The molecule has 100 valence electrons. The molecule has 1 rings (SSSR count). The molecule has 0 fully saturated rings. The Labute approximate surface area is 107 Å². The number of likely N-dealkylation sites (N-methyl/N-ethyl adjacent to an activating group) is 1. The van der Waals surface area contributed by atoms with Crippen LogP contribution in [-0.2, 0) is 4.79 Å². The standard InChI is InChI=1S/C13H20N2O3/c1-5-15(8-11(16)14-13(2,3)4)12(17)10-6-7-18-9-10/h6-7,9H,5,8H2,1-4H3,(H,14,16). The van der Waals surface area contributed by atoms with E-state index >= 15 is 0 Å². The van der Waals surface area contributed by atoms with Gasteiger partial charge in [-0.15, -0.1) is 0 Å². The maximum atomic E-state index is 12.0. The molecule has 0 aliphatic heterocycles. The summed E-state index contributed by atoms with van der Waals surface area (Å²) in [7, 11) is 0. The molecular weight excluding hydrogens is 232 g/mol. The first-order valence-electron chi connectivity index (χ1n) is 5.96. The third-order valence-electron chi connectivity index (χ3n) is 2.29. The van der Waals surface area contributed by atoms with Gasteiger partial charge in [0.05, 0.1) is 18.4 Å². The van der Waals surface area contributed by atoms with E-state index in [4.69, 9.17) is 4.42 Å². The van der Waals surface area contributed by atoms with Crippen LogP contribution in [0.25, 0.3) is 0 Å². The van der Waals surface area contributed by atoms with Crippen LogP contribution < -0.4 is 5.32 Å². The highest BCUT2D eigenvalue weighted by Crippen LogP contribution is 2.06. The zero-order valence-electron chi connectivity index (χ0n) is 11.3. The monoisotopic (exact) mass is 252 g/mol. The molecule has 0 aliphatic carbocycles. The van der Waals surface area contributed by atoms with E-state index in [0.29, 0.717) is 12.1 Å². The van der Waals surface area contributed by atoms with Gasteiger partial charge in [-0.1, -0.05) is 0 Å². The molecule has 0 aliphatic rings. The van der Waals surface area contributed by atoms with Gasteiger partial charge in [0.2, 0.25) is 5.91 Å². The van der Waals surface area contributed by atoms with Crippen molar-refractivity contribution in [3.05, 3.63) is 24.2 Å². The Morgan fingerprint density at radius 2 is 2.06 bits per heavy atom. The molecule has 0 atom stereocenters. The van der Waals surface area contributed by atoms with E-state index in [0.717, 1.165) is 0 Å². The summed E-state index contributed by atoms with van der Waals surface area (Å²) in [5, 5.41) is 2.83. The number of carbonyl (C=O) groups is 2. The molecule has 0 bridgehead atoms. The van der Waals surface area contributed by atoms with Crippen LogP contribution in [0, 0.1) is 0 Å². The summed E-state index contributed by atoms with van der Waals surface area (Å²) in [6.07, 6.45) is 2.82. The normalized spacial score (nSPS) is 11.1. The van der Waals surface area contributed by atoms with Crippen LogP contribution in [0.1, 0.15) is 38.1 Å². The predicted octanol–water partition coefficient (Wildman–Crippen LogP) is 1.66. The summed E-state index contributed by atoms with van der Waals surface area (Å²) in [6.45, 7) is 8.07. The second kappa shape index (κ2) is 5.71. The van der Waals surface area contributed by atoms with Crippen LogP contribution >= 0.6 is 0 Å². The van der Waals surface area contributed by atoms with Crippen molar-refractivity contribution in [2.24, 2.45) is 0 Å². The van der Waals surface area contributed by atoms with E-state index < -0.39 is 0 Å². The number of nitrogens with zero attached hydrogens (tertiary/aromatic N) is 1. The van der Waals surface area contributed by atoms with Crippen molar-refractivity contribution in [2.75, 3.05) is 13.1 Å². The largest absolute Gasteiger partial charge is 0.472 e. The van der Waals surface area contributed by atoms with Gasteiger partial charge in [-0.05, 0) is 33.8 Å². The van der Waals surface area contributed by atoms with E-state index in [1.165, 1.54) is 17.4 Å². The lowest BCUT2D eigenvalue weighted by molar-refractivity contribution is -0.123. The number of furan rings is 1. The fourth-order valence-corrected chi connectivity index (χ4v) is 1.53. The van der Waals surface area contributed by atoms with Crippen LogP contribution in [0.3, 0.4) is 0 Å². The van der Waals surface area contributed by atoms with Gasteiger partial charge < -0.3 is 14.6 Å². The summed E-state index contributed by atoms with van der Waals surface area (Å²) in [5.41, 5.74) is 0.162. The quantitative estimate of drug-likeness (QED) is 0.886. The Kier molecular flexibility index (Phi) is 4.53. The third-order valence-corrected chi connectivity index (χ3v) is 2.29. The second-order valence-electron chi connectivity index (χ2n) is 5.13. The van der Waals surface area contributed by atoms with Crippen LogP contribution in [0.15, 0.2) is 23.0 Å². The number of rotatable bonds is 4. The first kappa shape index (κ1) is 14.3. The lowest BCUT2D eigenvalue weighted by Gasteiger charge is -2.24. The number of hydrogen-bond donors (Lipinski definition) is 1. The smallest absolute Gasteiger partial charge is 0.257 e. The van der Waals surface area contributed by atoms with E-state index in [9.17, 15) is 9.59 Å². The fraction of sp³-hybridized carbons (Fsp3) is 0.538. The van der Waals surface area contributed by atoms with Crippen molar-refractivity contribution in [1.82, 2.24) is 10.2 Å². The van der Waals surface area contributed by atoms with E-state index in [1.54, 1.807) is 6.07 Å². The average molecular weight is 252 g/mol. The molecule has 0 radical (unpaired) electrons. The maximum Gasteiger partial charge on any atom is 0.257 e. The number of carbonyl (C=O) groups excluding carboxylic acids is 2. The highest BCUT2D eigenvalue weighted by Gasteiger charge is 2.20. The lowest BCUT2D eigenvalue weighted by atomic mass is 10.1. The molecule has 18 heavy (non-hydrogen) atoms. The molecule has 1 N–H and O–H groups in total. The molecule has 0 spiro atoms. The summed E-state index contributed by atoms with van der Waals surface area (Å²) in [4.78, 5) is 25.3. The molecular formula is C13H20N2O3. The van der Waals surface area contributed by atoms with Gasteiger partial charge in [-0.3, -0.25) is 9.59 Å². The number of amides is 2. The van der Waals surface area contributed by atoms with Crippen molar-refractivity contribution in [3.8, 4) is 0 Å². The third kappa shape index (κ3) is 4.24. The molecule has 5 heteroatoms. The van der Waals surface area contributed by atoms with Gasteiger partial charge in [-0.2, -0.15) is 0 Å². The van der Waals surface area contributed by atoms with Crippen molar-refractivity contribution in [2.45, 2.75) is 33.2 Å². The molecule has 2 amide bonds. The SMILES string of the molecule is CCN(CC(=O)NC(C)(C)C)C(=O)c1ccoc1. The predicted molar refractivity (Wildman–Crippen MR) is 68.2 cm³/mol. The summed E-state index contributed by atoms with van der Waals surface area (Å²) >= 11 is 0. The van der Waals surface area contributed by atoms with Gasteiger partial charge in [0.15, 0.2) is 0 Å². The maximum absolute atomic E-state index is 12.0. The van der Waals surface area contributed by atoms with E-state index in [1.807, 2.05) is 27.7 Å². The van der Waals surface area contributed by atoms with Crippen molar-refractivity contribution < 1.29 is 14.0 Å². The van der Waals surface area contributed by atoms with Gasteiger partial charge in [-0.25, -0.2) is 0 Å². The van der Waals surface area contributed by atoms with Crippen LogP contribution in [0.2, 0.25) is 0 Å². The van der Waals surface area contributed by atoms with E-state index in [2.05, 4.69) is 5.32 Å². The van der Waals surface area contributed by atoms with Gasteiger partial charge in [0.1, 0.15) is 6.26 Å². The topological polar surface area (TPSA) is 62.6 Å². The second-order valence-corrected chi connectivity index (χ2v) is 5.13. The minimum absolute atomic E-state index is 0.0534. The molecule has 0 saturated heterocycles. The first-order valence-corrected chi connectivity index (χ1v) is 5.96. The molecule has 1 aromatic heterocycles. The summed E-state index contributed by atoms with van der Waals surface area (Å²) in [5.74, 6) is -0.364. The van der Waals surface area contributed by atoms with Gasteiger partial charge in [0.25, 0.3) is 5.91 Å². The Hall–Kier alpha value is -1.78. The summed E-state index contributed by atoms with van der Waals surface area (Å²) < 4.78 is 4.87. The Morgan fingerprint density at radius 3 is 2.50 bits per heavy atom. The number of hydrogen-bond acceptors (Lipinski definition) is 3. The van der Waals surface area contributed by atoms with Crippen molar-refractivity contribution >= 4 is 11.8 Å². The zero-order valence-corrected chi connectivity index (χ0v) is 11.3. The molecule has 1 aromatic rings. The highest BCUT2D eigenvalue weighted by molar-refractivity contribution is 5.96. The van der Waals surface area contributed by atoms with Crippen LogP contribution in [0.5, 0.6) is 0 Å². The molecule has 0 unspecified atom stereocenters. The Balaban J connectivity index is 2.63. The van der Waals surface area contributed by atoms with Crippen LogP contribution in [0.4, 0.5) is 0 Å². The van der Waals surface area contributed by atoms with Gasteiger partial charge in [0, 0.05) is 12.1 Å². The Bertz CT molecular complexity index is 404. The molecule has 0 aromatic carbocycles. The van der Waals surface area contributed by atoms with E-state index in [-0.39, 0.29) is 23.9 Å². The molecule has 0 saturated carbocycles. The van der Waals surface area contributed by atoms with Crippen LogP contribution in [-0.4, -0.2) is 35.3 Å².